The molecule has 0 aliphatic carbocycles. The van der Waals surface area contributed by atoms with Crippen molar-refractivity contribution >= 4 is 17.5 Å². The molecule has 28 heavy (non-hydrogen) atoms. The van der Waals surface area contributed by atoms with Gasteiger partial charge in [0.1, 0.15) is 11.6 Å². The van der Waals surface area contributed by atoms with Crippen molar-refractivity contribution in [2.45, 2.75) is 25.5 Å². The summed E-state index contributed by atoms with van der Waals surface area (Å²) in [6.07, 6.45) is 0. The first-order chi connectivity index (χ1) is 13.5. The third-order valence-electron chi connectivity index (χ3n) is 4.11. The van der Waals surface area contributed by atoms with Crippen molar-refractivity contribution in [2.75, 3.05) is 12.9 Å². The van der Waals surface area contributed by atoms with E-state index < -0.39 is 0 Å². The summed E-state index contributed by atoms with van der Waals surface area (Å²) in [6.45, 7) is 4.98. The zero-order chi connectivity index (χ0) is 20.1. The normalized spacial score (nSPS) is 11.0. The van der Waals surface area contributed by atoms with Crippen LogP contribution in [0.5, 0.6) is 5.75 Å². The largest absolute Gasteiger partial charge is 0.497 e. The van der Waals surface area contributed by atoms with Crippen molar-refractivity contribution in [3.05, 3.63) is 59.9 Å². The Morgan fingerprint density at radius 2 is 1.79 bits per heavy atom. The molecule has 1 heterocycles. The van der Waals surface area contributed by atoms with Crippen LogP contribution in [0.25, 0.3) is 11.4 Å². The maximum absolute atomic E-state index is 13.0. The SMILES string of the molecule is COc1ccc(-c2nnc(SCC(=O)c3ccc(F)cc3)n2CC(C)C)cc1. The van der Waals surface area contributed by atoms with Gasteiger partial charge in [-0.05, 0) is 54.4 Å². The summed E-state index contributed by atoms with van der Waals surface area (Å²) < 4.78 is 20.3. The van der Waals surface area contributed by atoms with Gasteiger partial charge in [0.25, 0.3) is 0 Å². The lowest BCUT2D eigenvalue weighted by Crippen LogP contribution is -2.09. The molecule has 0 aliphatic heterocycles. The number of carbonyl (C=O) groups is 1. The highest BCUT2D eigenvalue weighted by atomic mass is 32.2. The minimum atomic E-state index is -0.356. The number of aromatic nitrogens is 3. The summed E-state index contributed by atoms with van der Waals surface area (Å²) in [7, 11) is 1.63. The van der Waals surface area contributed by atoms with Gasteiger partial charge in [0, 0.05) is 17.7 Å². The number of rotatable bonds is 8. The van der Waals surface area contributed by atoms with E-state index in [2.05, 4.69) is 24.0 Å². The van der Waals surface area contributed by atoms with E-state index in [1.165, 1.54) is 36.0 Å². The zero-order valence-corrected chi connectivity index (χ0v) is 16.9. The summed E-state index contributed by atoms with van der Waals surface area (Å²) in [4.78, 5) is 12.4. The van der Waals surface area contributed by atoms with Crippen LogP contribution < -0.4 is 4.74 Å². The molecule has 0 saturated heterocycles. The summed E-state index contributed by atoms with van der Waals surface area (Å²) in [5.74, 6) is 1.70. The predicted octanol–water partition coefficient (Wildman–Crippen LogP) is 4.72. The Hall–Kier alpha value is -2.67. The first-order valence-corrected chi connectivity index (χ1v) is 9.95. The minimum absolute atomic E-state index is 0.0740. The van der Waals surface area contributed by atoms with Gasteiger partial charge in [0.05, 0.1) is 12.9 Å². The average Bonchev–Trinajstić information content (AvgIpc) is 3.08. The summed E-state index contributed by atoms with van der Waals surface area (Å²) in [6, 6.07) is 13.2. The monoisotopic (exact) mass is 399 g/mol. The Morgan fingerprint density at radius 3 is 2.39 bits per heavy atom. The lowest BCUT2D eigenvalue weighted by atomic mass is 10.1. The molecule has 146 valence electrons. The van der Waals surface area contributed by atoms with Crippen LogP contribution in [0.1, 0.15) is 24.2 Å². The van der Waals surface area contributed by atoms with E-state index in [1.54, 1.807) is 7.11 Å². The number of halogens is 1. The molecule has 0 aliphatic rings. The molecule has 7 heteroatoms. The Bertz CT molecular complexity index is 937. The lowest BCUT2D eigenvalue weighted by Gasteiger charge is -2.12. The number of thioether (sulfide) groups is 1. The molecule has 0 fully saturated rings. The number of Topliss-reactive ketones (excluding diaryl/α,β-unsaturated/α-hetero) is 1. The van der Waals surface area contributed by atoms with E-state index in [0.29, 0.717) is 16.6 Å². The van der Waals surface area contributed by atoms with E-state index in [9.17, 15) is 9.18 Å². The first kappa shape index (κ1) is 20.1. The third-order valence-corrected chi connectivity index (χ3v) is 5.08. The lowest BCUT2D eigenvalue weighted by molar-refractivity contribution is 0.102. The van der Waals surface area contributed by atoms with Crippen LogP contribution in [0, 0.1) is 11.7 Å². The van der Waals surface area contributed by atoms with Gasteiger partial charge in [-0.2, -0.15) is 0 Å². The van der Waals surface area contributed by atoms with Gasteiger partial charge >= 0.3 is 0 Å². The number of ether oxygens (including phenoxy) is 1. The molecule has 0 amide bonds. The summed E-state index contributed by atoms with van der Waals surface area (Å²) in [5.41, 5.74) is 1.42. The van der Waals surface area contributed by atoms with E-state index in [4.69, 9.17) is 4.74 Å². The molecule has 5 nitrogen and oxygen atoms in total. The highest BCUT2D eigenvalue weighted by Gasteiger charge is 2.17. The Labute approximate surface area is 167 Å². The van der Waals surface area contributed by atoms with Gasteiger partial charge in [-0.15, -0.1) is 10.2 Å². The molecule has 0 spiro atoms. The van der Waals surface area contributed by atoms with Crippen molar-refractivity contribution in [2.24, 2.45) is 5.92 Å². The Morgan fingerprint density at radius 1 is 1.11 bits per heavy atom. The minimum Gasteiger partial charge on any atom is -0.497 e. The number of nitrogens with zero attached hydrogens (tertiary/aromatic N) is 3. The van der Waals surface area contributed by atoms with Crippen LogP contribution >= 0.6 is 11.8 Å². The Balaban J connectivity index is 1.81. The number of methoxy groups -OCH3 is 1. The van der Waals surface area contributed by atoms with Gasteiger partial charge in [-0.25, -0.2) is 4.39 Å². The number of hydrogen-bond donors (Lipinski definition) is 0. The second kappa shape index (κ2) is 9.01. The molecule has 3 rings (SSSR count). The standard InChI is InChI=1S/C21H22FN3O2S/c1-14(2)12-25-20(16-6-10-18(27-3)11-7-16)23-24-21(25)28-13-19(26)15-4-8-17(22)9-5-15/h4-11,14H,12-13H2,1-3H3. The second-order valence-electron chi connectivity index (χ2n) is 6.76. The first-order valence-electron chi connectivity index (χ1n) is 8.97. The van der Waals surface area contributed by atoms with Crippen LogP contribution in [-0.2, 0) is 6.54 Å². The summed E-state index contributed by atoms with van der Waals surface area (Å²) >= 11 is 1.34. The molecule has 0 bridgehead atoms. The number of hydrogen-bond acceptors (Lipinski definition) is 5. The fraction of sp³-hybridized carbons (Fsp3) is 0.286. The number of carbonyl (C=O) groups excluding carboxylic acids is 1. The third kappa shape index (κ3) is 4.78. The maximum Gasteiger partial charge on any atom is 0.191 e. The van der Waals surface area contributed by atoms with Gasteiger partial charge in [0.15, 0.2) is 16.8 Å². The molecule has 0 unspecified atom stereocenters. The van der Waals surface area contributed by atoms with E-state index in [1.807, 2.05) is 28.8 Å². The molecule has 0 radical (unpaired) electrons. The van der Waals surface area contributed by atoms with Crippen LogP contribution in [0.15, 0.2) is 53.7 Å². The van der Waals surface area contributed by atoms with Crippen molar-refractivity contribution in [1.29, 1.82) is 0 Å². The van der Waals surface area contributed by atoms with Gasteiger partial charge in [0.2, 0.25) is 0 Å². The van der Waals surface area contributed by atoms with Crippen molar-refractivity contribution < 1.29 is 13.9 Å². The number of benzene rings is 2. The van der Waals surface area contributed by atoms with Crippen LogP contribution in [0.4, 0.5) is 4.39 Å². The molecule has 2 aromatic carbocycles. The Kier molecular flexibility index (Phi) is 6.46. The fourth-order valence-corrected chi connectivity index (χ4v) is 3.57. The van der Waals surface area contributed by atoms with Crippen LogP contribution in [0.2, 0.25) is 0 Å². The van der Waals surface area contributed by atoms with Gasteiger partial charge in [-0.1, -0.05) is 25.6 Å². The molecule has 0 saturated carbocycles. The predicted molar refractivity (Wildman–Crippen MR) is 108 cm³/mol. The number of ketones is 1. The highest BCUT2D eigenvalue weighted by molar-refractivity contribution is 7.99. The smallest absolute Gasteiger partial charge is 0.191 e. The molecular formula is C21H22FN3O2S. The van der Waals surface area contributed by atoms with Crippen molar-refractivity contribution in [3.63, 3.8) is 0 Å². The molecule has 1 aromatic heterocycles. The van der Waals surface area contributed by atoms with Crippen LogP contribution in [0.3, 0.4) is 0 Å². The second-order valence-corrected chi connectivity index (χ2v) is 7.70. The maximum atomic E-state index is 13.0. The molecule has 3 aromatic rings. The fourth-order valence-electron chi connectivity index (χ4n) is 2.73. The van der Waals surface area contributed by atoms with Crippen molar-refractivity contribution in [3.8, 4) is 17.1 Å². The van der Waals surface area contributed by atoms with E-state index >= 15 is 0 Å². The quantitative estimate of drug-likeness (QED) is 0.405. The average molecular weight is 399 g/mol. The van der Waals surface area contributed by atoms with E-state index in [-0.39, 0.29) is 17.4 Å². The van der Waals surface area contributed by atoms with E-state index in [0.717, 1.165) is 23.7 Å². The van der Waals surface area contributed by atoms with Gasteiger partial charge in [-0.3, -0.25) is 4.79 Å². The van der Waals surface area contributed by atoms with Crippen molar-refractivity contribution in [1.82, 2.24) is 14.8 Å². The molecular weight excluding hydrogens is 377 g/mol. The topological polar surface area (TPSA) is 57.0 Å². The highest BCUT2D eigenvalue weighted by Crippen LogP contribution is 2.27. The van der Waals surface area contributed by atoms with Gasteiger partial charge < -0.3 is 9.30 Å². The molecule has 0 N–H and O–H groups in total. The molecule has 0 atom stereocenters. The van der Waals surface area contributed by atoms with Crippen LogP contribution in [-0.4, -0.2) is 33.4 Å². The zero-order valence-electron chi connectivity index (χ0n) is 16.1. The summed E-state index contributed by atoms with van der Waals surface area (Å²) in [5, 5.41) is 9.34.